The maximum Gasteiger partial charge on any atom is 0.215 e. The van der Waals surface area contributed by atoms with Crippen LogP contribution in [0.5, 0.6) is 0 Å². The van der Waals surface area contributed by atoms with Crippen LogP contribution in [0, 0.1) is 0 Å². The Hall–Kier alpha value is -1.77. The molecule has 2 aromatic rings. The minimum atomic E-state index is -3.35. The standard InChI is InChI=1S/C12H17N5O2S/c13-9-11-1-3-12(4-2-11)10-20(18,19)15-6-8-17-7-5-14-16-17/h1-5,7,15H,6,8-10,13H2. The van der Waals surface area contributed by atoms with E-state index in [0.29, 0.717) is 13.1 Å². The molecule has 0 aliphatic carbocycles. The van der Waals surface area contributed by atoms with Gasteiger partial charge in [-0.25, -0.2) is 13.1 Å². The molecule has 7 nitrogen and oxygen atoms in total. The van der Waals surface area contributed by atoms with E-state index in [-0.39, 0.29) is 12.3 Å². The van der Waals surface area contributed by atoms with Crippen LogP contribution < -0.4 is 10.5 Å². The number of nitrogens with zero attached hydrogens (tertiary/aromatic N) is 3. The van der Waals surface area contributed by atoms with Crippen molar-refractivity contribution >= 4 is 10.0 Å². The molecule has 0 atom stereocenters. The first kappa shape index (κ1) is 14.6. The van der Waals surface area contributed by atoms with Crippen molar-refractivity contribution in [2.24, 2.45) is 5.73 Å². The van der Waals surface area contributed by atoms with Crippen molar-refractivity contribution in [1.29, 1.82) is 0 Å². The van der Waals surface area contributed by atoms with Gasteiger partial charge in [-0.1, -0.05) is 29.5 Å². The highest BCUT2D eigenvalue weighted by molar-refractivity contribution is 7.88. The van der Waals surface area contributed by atoms with Crippen LogP contribution in [-0.4, -0.2) is 30.0 Å². The smallest absolute Gasteiger partial charge is 0.215 e. The van der Waals surface area contributed by atoms with Gasteiger partial charge in [0.25, 0.3) is 0 Å². The molecule has 0 spiro atoms. The summed E-state index contributed by atoms with van der Waals surface area (Å²) in [6.45, 7) is 1.18. The van der Waals surface area contributed by atoms with E-state index in [1.165, 1.54) is 0 Å². The third-order valence-electron chi connectivity index (χ3n) is 2.75. The molecule has 2 rings (SSSR count). The Bertz CT molecular complexity index is 622. The number of hydrogen-bond donors (Lipinski definition) is 2. The molecule has 3 N–H and O–H groups in total. The fourth-order valence-corrected chi connectivity index (χ4v) is 2.85. The molecule has 0 unspecified atom stereocenters. The van der Waals surface area contributed by atoms with E-state index in [4.69, 9.17) is 5.73 Å². The van der Waals surface area contributed by atoms with Gasteiger partial charge in [-0.2, -0.15) is 0 Å². The minimum Gasteiger partial charge on any atom is -0.326 e. The fraction of sp³-hybridized carbons (Fsp3) is 0.333. The van der Waals surface area contributed by atoms with Gasteiger partial charge in [0.15, 0.2) is 0 Å². The molecule has 20 heavy (non-hydrogen) atoms. The van der Waals surface area contributed by atoms with Crippen molar-refractivity contribution < 1.29 is 8.42 Å². The average molecular weight is 295 g/mol. The van der Waals surface area contributed by atoms with E-state index in [1.54, 1.807) is 29.2 Å². The van der Waals surface area contributed by atoms with Crippen LogP contribution >= 0.6 is 0 Å². The summed E-state index contributed by atoms with van der Waals surface area (Å²) in [5.41, 5.74) is 7.20. The molecule has 0 radical (unpaired) electrons. The number of hydrogen-bond acceptors (Lipinski definition) is 5. The van der Waals surface area contributed by atoms with Gasteiger partial charge in [0.1, 0.15) is 0 Å². The van der Waals surface area contributed by atoms with E-state index < -0.39 is 10.0 Å². The molecular weight excluding hydrogens is 278 g/mol. The van der Waals surface area contributed by atoms with Crippen LogP contribution in [0.25, 0.3) is 0 Å². The molecule has 108 valence electrons. The first-order chi connectivity index (χ1) is 9.59. The van der Waals surface area contributed by atoms with Crippen molar-refractivity contribution in [3.63, 3.8) is 0 Å². The molecule has 0 aliphatic heterocycles. The van der Waals surface area contributed by atoms with Gasteiger partial charge < -0.3 is 5.73 Å². The molecule has 0 saturated carbocycles. The number of aromatic nitrogens is 3. The van der Waals surface area contributed by atoms with Crippen molar-refractivity contribution in [2.45, 2.75) is 18.8 Å². The van der Waals surface area contributed by atoms with E-state index in [0.717, 1.165) is 11.1 Å². The monoisotopic (exact) mass is 295 g/mol. The first-order valence-electron chi connectivity index (χ1n) is 6.18. The minimum absolute atomic E-state index is 0.0464. The first-order valence-corrected chi connectivity index (χ1v) is 7.83. The number of benzene rings is 1. The van der Waals surface area contributed by atoms with Gasteiger partial charge in [-0.3, -0.25) is 4.68 Å². The molecule has 1 heterocycles. The van der Waals surface area contributed by atoms with Crippen LogP contribution in [0.3, 0.4) is 0 Å². The number of sulfonamides is 1. The average Bonchev–Trinajstić information content (AvgIpc) is 2.92. The topological polar surface area (TPSA) is 103 Å². The molecule has 0 amide bonds. The van der Waals surface area contributed by atoms with Crippen LogP contribution in [0.4, 0.5) is 0 Å². The van der Waals surface area contributed by atoms with Gasteiger partial charge in [0.2, 0.25) is 10.0 Å². The Morgan fingerprint density at radius 2 is 1.90 bits per heavy atom. The molecular formula is C12H17N5O2S. The molecule has 8 heteroatoms. The van der Waals surface area contributed by atoms with Gasteiger partial charge in [-0.15, -0.1) is 5.10 Å². The molecule has 0 fully saturated rings. The summed E-state index contributed by atoms with van der Waals surface area (Å²) in [6.07, 6.45) is 3.23. The maximum atomic E-state index is 11.9. The van der Waals surface area contributed by atoms with E-state index >= 15 is 0 Å². The van der Waals surface area contributed by atoms with Gasteiger partial charge >= 0.3 is 0 Å². The lowest BCUT2D eigenvalue weighted by atomic mass is 10.1. The van der Waals surface area contributed by atoms with Crippen molar-refractivity contribution in [2.75, 3.05) is 6.54 Å². The van der Waals surface area contributed by atoms with Crippen molar-refractivity contribution in [3.8, 4) is 0 Å². The summed E-state index contributed by atoms with van der Waals surface area (Å²) in [5, 5.41) is 7.41. The molecule has 0 aliphatic rings. The third kappa shape index (κ3) is 4.41. The van der Waals surface area contributed by atoms with E-state index in [2.05, 4.69) is 15.0 Å². The lowest BCUT2D eigenvalue weighted by molar-refractivity contribution is 0.552. The molecule has 1 aromatic carbocycles. The van der Waals surface area contributed by atoms with Crippen LogP contribution in [0.15, 0.2) is 36.7 Å². The van der Waals surface area contributed by atoms with Gasteiger partial charge in [0.05, 0.1) is 18.5 Å². The summed E-state index contributed by atoms with van der Waals surface area (Å²) in [6, 6.07) is 7.22. The predicted molar refractivity (Wildman–Crippen MR) is 75.0 cm³/mol. The van der Waals surface area contributed by atoms with Crippen molar-refractivity contribution in [1.82, 2.24) is 19.7 Å². The maximum absolute atomic E-state index is 11.9. The Labute approximate surface area is 117 Å². The Kier molecular flexibility index (Phi) is 4.83. The molecule has 1 aromatic heterocycles. The lowest BCUT2D eigenvalue weighted by Crippen LogP contribution is -2.28. The lowest BCUT2D eigenvalue weighted by Gasteiger charge is -2.07. The normalized spacial score (nSPS) is 11.7. The summed E-state index contributed by atoms with van der Waals surface area (Å²) >= 11 is 0. The number of nitrogens with one attached hydrogen (secondary N) is 1. The Balaban J connectivity index is 1.86. The van der Waals surface area contributed by atoms with Crippen molar-refractivity contribution in [3.05, 3.63) is 47.8 Å². The third-order valence-corrected chi connectivity index (χ3v) is 4.11. The number of nitrogens with two attached hydrogens (primary N) is 1. The molecule has 0 bridgehead atoms. The summed E-state index contributed by atoms with van der Waals surface area (Å²) in [5.74, 6) is -0.0464. The zero-order valence-corrected chi connectivity index (χ0v) is 11.8. The zero-order chi connectivity index (χ0) is 14.4. The summed E-state index contributed by atoms with van der Waals surface area (Å²) in [7, 11) is -3.35. The van der Waals surface area contributed by atoms with Gasteiger partial charge in [-0.05, 0) is 11.1 Å². The van der Waals surface area contributed by atoms with Crippen LogP contribution in [0.2, 0.25) is 0 Å². The Morgan fingerprint density at radius 1 is 1.20 bits per heavy atom. The fourth-order valence-electron chi connectivity index (χ4n) is 1.71. The van der Waals surface area contributed by atoms with Crippen LogP contribution in [0.1, 0.15) is 11.1 Å². The highest BCUT2D eigenvalue weighted by Crippen LogP contribution is 2.07. The van der Waals surface area contributed by atoms with E-state index in [1.807, 2.05) is 12.1 Å². The summed E-state index contributed by atoms with van der Waals surface area (Å²) < 4.78 is 27.9. The van der Waals surface area contributed by atoms with E-state index in [9.17, 15) is 8.42 Å². The second kappa shape index (κ2) is 6.60. The molecule has 0 saturated heterocycles. The Morgan fingerprint density at radius 3 is 2.50 bits per heavy atom. The SMILES string of the molecule is NCc1ccc(CS(=O)(=O)NCCn2ccnn2)cc1. The highest BCUT2D eigenvalue weighted by atomic mass is 32.2. The second-order valence-corrected chi connectivity index (χ2v) is 6.15. The zero-order valence-electron chi connectivity index (χ0n) is 10.9. The van der Waals surface area contributed by atoms with Crippen LogP contribution in [-0.2, 0) is 28.9 Å². The summed E-state index contributed by atoms with van der Waals surface area (Å²) in [4.78, 5) is 0. The second-order valence-electron chi connectivity index (χ2n) is 4.34. The number of rotatable bonds is 7. The predicted octanol–water partition coefficient (Wildman–Crippen LogP) is -0.144. The largest absolute Gasteiger partial charge is 0.326 e. The van der Waals surface area contributed by atoms with Gasteiger partial charge in [0, 0.05) is 19.3 Å². The highest BCUT2D eigenvalue weighted by Gasteiger charge is 2.10. The quantitative estimate of drug-likeness (QED) is 0.740.